The molecule has 4 aromatic rings. The highest BCUT2D eigenvalue weighted by Crippen LogP contribution is 2.44. The Bertz CT molecular complexity index is 2080. The third kappa shape index (κ3) is 6.05. The first-order chi connectivity index (χ1) is 20.4. The van der Waals surface area contributed by atoms with Gasteiger partial charge in [-0.3, -0.25) is 14.9 Å². The van der Waals surface area contributed by atoms with E-state index in [1.54, 1.807) is 10.6 Å². The Morgan fingerprint density at radius 3 is 2.27 bits per heavy atom. The van der Waals surface area contributed by atoms with E-state index in [1.165, 1.54) is 0 Å². The highest BCUT2D eigenvalue weighted by molar-refractivity contribution is 7.92. The molecule has 0 aliphatic carbocycles. The standard InChI is InChI=1S/C25H16F6N6O6S/c1-4-11-7-15(22(39)43-2)19(20(36-44(3,41)42)18(11)25(29,30)31)35-37-21(38)14-8-13(12-5-6-32-33-10-12)16(24(26,27)28)9-17(14)34-23(37)40/h1,5-10,35-36H,2-3H3,(H,34,40). The molecule has 0 atom stereocenters. The number of carbonyl (C=O) groups is 1. The molecule has 19 heteroatoms. The molecule has 0 unspecified atom stereocenters. The van der Waals surface area contributed by atoms with Crippen LogP contribution >= 0.6 is 0 Å². The number of carbonyl (C=O) groups excluding carboxylic acids is 1. The van der Waals surface area contributed by atoms with Crippen LogP contribution in [0.4, 0.5) is 37.7 Å². The van der Waals surface area contributed by atoms with Gasteiger partial charge in [0.2, 0.25) is 10.0 Å². The fourth-order valence-electron chi connectivity index (χ4n) is 4.17. The van der Waals surface area contributed by atoms with E-state index in [0.29, 0.717) is 18.4 Å². The van der Waals surface area contributed by atoms with Crippen molar-refractivity contribution in [3.8, 4) is 23.5 Å². The number of terminal acetylenes is 1. The molecule has 0 saturated carbocycles. The zero-order chi connectivity index (χ0) is 32.8. The molecule has 0 amide bonds. The van der Waals surface area contributed by atoms with Crippen LogP contribution in [0.25, 0.3) is 22.0 Å². The van der Waals surface area contributed by atoms with E-state index in [4.69, 9.17) is 6.42 Å². The normalized spacial score (nSPS) is 12.1. The number of aromatic amines is 1. The fourth-order valence-corrected chi connectivity index (χ4v) is 4.74. The van der Waals surface area contributed by atoms with Crippen molar-refractivity contribution < 1.29 is 44.3 Å². The van der Waals surface area contributed by atoms with Crippen molar-refractivity contribution in [2.45, 2.75) is 12.4 Å². The number of H-pyrrole nitrogens is 1. The number of fused-ring (bicyclic) bond motifs is 1. The molecule has 2 aromatic heterocycles. The molecule has 2 aromatic carbocycles. The van der Waals surface area contributed by atoms with E-state index in [1.807, 2.05) is 10.4 Å². The molecule has 0 saturated heterocycles. The minimum Gasteiger partial charge on any atom is -0.465 e. The largest absolute Gasteiger partial charge is 0.465 e. The lowest BCUT2D eigenvalue weighted by Gasteiger charge is -2.23. The predicted octanol–water partition coefficient (Wildman–Crippen LogP) is 3.20. The molecule has 44 heavy (non-hydrogen) atoms. The summed E-state index contributed by atoms with van der Waals surface area (Å²) in [6, 6.07) is 2.89. The van der Waals surface area contributed by atoms with Gasteiger partial charge in [0.1, 0.15) is 0 Å². The number of nitrogens with zero attached hydrogens (tertiary/aromatic N) is 3. The van der Waals surface area contributed by atoms with Crippen LogP contribution in [0, 0.1) is 12.3 Å². The second-order valence-electron chi connectivity index (χ2n) is 8.86. The van der Waals surface area contributed by atoms with Gasteiger partial charge < -0.3 is 9.72 Å². The van der Waals surface area contributed by atoms with Gasteiger partial charge in [0, 0.05) is 11.1 Å². The molecule has 2 heterocycles. The molecule has 12 nitrogen and oxygen atoms in total. The van der Waals surface area contributed by atoms with E-state index in [0.717, 1.165) is 31.6 Å². The maximum Gasteiger partial charge on any atom is 0.419 e. The van der Waals surface area contributed by atoms with Crippen LogP contribution in [0.3, 0.4) is 0 Å². The molecule has 230 valence electrons. The van der Waals surface area contributed by atoms with Crippen LogP contribution in [-0.2, 0) is 27.1 Å². The lowest BCUT2D eigenvalue weighted by Crippen LogP contribution is -2.40. The second kappa shape index (κ2) is 11.0. The number of nitrogens with one attached hydrogen (secondary N) is 3. The molecule has 0 radical (unpaired) electrons. The zero-order valence-corrected chi connectivity index (χ0v) is 22.8. The number of ether oxygens (including phenoxy) is 1. The Morgan fingerprint density at radius 1 is 1.07 bits per heavy atom. The maximum atomic E-state index is 14.2. The zero-order valence-electron chi connectivity index (χ0n) is 22.0. The van der Waals surface area contributed by atoms with Gasteiger partial charge in [0.05, 0.1) is 64.7 Å². The van der Waals surface area contributed by atoms with Gasteiger partial charge in [-0.1, -0.05) is 5.92 Å². The number of esters is 1. The smallest absolute Gasteiger partial charge is 0.419 e. The summed E-state index contributed by atoms with van der Waals surface area (Å²) in [7, 11) is -3.74. The number of alkyl halides is 6. The third-order valence-electron chi connectivity index (χ3n) is 5.92. The van der Waals surface area contributed by atoms with Crippen molar-refractivity contribution in [1.82, 2.24) is 19.9 Å². The molecule has 0 aliphatic heterocycles. The second-order valence-corrected chi connectivity index (χ2v) is 10.6. The Morgan fingerprint density at radius 2 is 1.75 bits per heavy atom. The van der Waals surface area contributed by atoms with Crippen molar-refractivity contribution in [3.63, 3.8) is 0 Å². The summed E-state index contributed by atoms with van der Waals surface area (Å²) in [5.74, 6) is 0.323. The van der Waals surface area contributed by atoms with Gasteiger partial charge in [-0.25, -0.2) is 18.0 Å². The van der Waals surface area contributed by atoms with E-state index in [2.05, 4.69) is 14.9 Å². The number of aromatic nitrogens is 4. The summed E-state index contributed by atoms with van der Waals surface area (Å²) in [6.07, 6.45) is -2.61. The summed E-state index contributed by atoms with van der Waals surface area (Å²) in [4.78, 5) is 41.1. The number of anilines is 2. The number of rotatable bonds is 6. The van der Waals surface area contributed by atoms with Gasteiger partial charge in [-0.05, 0) is 29.8 Å². The summed E-state index contributed by atoms with van der Waals surface area (Å²) < 4.78 is 115. The van der Waals surface area contributed by atoms with E-state index >= 15 is 0 Å². The van der Waals surface area contributed by atoms with Gasteiger partial charge in [-0.2, -0.15) is 41.2 Å². The van der Waals surface area contributed by atoms with Crippen LogP contribution in [0.15, 0.2) is 46.2 Å². The summed E-state index contributed by atoms with van der Waals surface area (Å²) in [6.45, 7) is 0. The first-order valence-electron chi connectivity index (χ1n) is 11.6. The molecule has 0 spiro atoms. The topological polar surface area (TPSA) is 165 Å². The molecule has 3 N–H and O–H groups in total. The summed E-state index contributed by atoms with van der Waals surface area (Å²) >= 11 is 0. The highest BCUT2D eigenvalue weighted by atomic mass is 32.2. The first kappa shape index (κ1) is 31.6. The van der Waals surface area contributed by atoms with Crippen LogP contribution in [-0.4, -0.2) is 47.6 Å². The quantitative estimate of drug-likeness (QED) is 0.163. The van der Waals surface area contributed by atoms with Gasteiger partial charge in [-0.15, -0.1) is 6.42 Å². The Labute approximate surface area is 241 Å². The fraction of sp³-hybridized carbons (Fsp3) is 0.160. The molecular weight excluding hydrogens is 626 g/mol. The SMILES string of the molecule is C#Cc1cc(C(=O)OC)c(Nn2c(=O)[nH]c3cc(C(F)(F)F)c(-c4ccnnc4)cc3c2=O)c(NS(C)(=O)=O)c1C(F)(F)F. The number of methoxy groups -OCH3 is 1. The third-order valence-corrected chi connectivity index (χ3v) is 6.49. The lowest BCUT2D eigenvalue weighted by molar-refractivity contribution is -0.137. The number of hydrogen-bond donors (Lipinski definition) is 3. The summed E-state index contributed by atoms with van der Waals surface area (Å²) in [5, 5.41) is 6.42. The van der Waals surface area contributed by atoms with E-state index in [9.17, 15) is 49.1 Å². The minimum absolute atomic E-state index is 0.0229. The Balaban J connectivity index is 2.11. The summed E-state index contributed by atoms with van der Waals surface area (Å²) in [5.41, 5.74) is -9.60. The van der Waals surface area contributed by atoms with Gasteiger partial charge >= 0.3 is 24.0 Å². The molecular formula is C25H16F6N6O6S. The van der Waals surface area contributed by atoms with Crippen molar-refractivity contribution >= 4 is 38.3 Å². The molecule has 0 bridgehead atoms. The van der Waals surface area contributed by atoms with Crippen molar-refractivity contribution in [2.75, 3.05) is 23.5 Å². The first-order valence-corrected chi connectivity index (χ1v) is 13.5. The predicted molar refractivity (Wildman–Crippen MR) is 143 cm³/mol. The molecule has 0 fully saturated rings. The van der Waals surface area contributed by atoms with Gasteiger partial charge in [0.25, 0.3) is 5.56 Å². The van der Waals surface area contributed by atoms with E-state index in [-0.39, 0.29) is 10.2 Å². The average Bonchev–Trinajstić information content (AvgIpc) is 2.92. The maximum absolute atomic E-state index is 14.2. The van der Waals surface area contributed by atoms with Crippen LogP contribution < -0.4 is 21.4 Å². The average molecular weight is 642 g/mol. The van der Waals surface area contributed by atoms with Crippen molar-refractivity contribution in [2.24, 2.45) is 0 Å². The van der Waals surface area contributed by atoms with Crippen molar-refractivity contribution in [3.05, 3.63) is 79.8 Å². The van der Waals surface area contributed by atoms with Crippen LogP contribution in [0.2, 0.25) is 0 Å². The van der Waals surface area contributed by atoms with E-state index < -0.39 is 89.7 Å². The molecule has 0 aliphatic rings. The number of sulfonamides is 1. The number of hydrogen-bond acceptors (Lipinski definition) is 9. The highest BCUT2D eigenvalue weighted by Gasteiger charge is 2.40. The van der Waals surface area contributed by atoms with Gasteiger partial charge in [0.15, 0.2) is 0 Å². The number of benzene rings is 2. The lowest BCUT2D eigenvalue weighted by atomic mass is 9.98. The minimum atomic E-state index is -5.36. The Kier molecular flexibility index (Phi) is 7.91. The monoisotopic (exact) mass is 642 g/mol. The van der Waals surface area contributed by atoms with Crippen LogP contribution in [0.5, 0.6) is 0 Å². The Hall–Kier alpha value is -5.38. The number of halogens is 6. The van der Waals surface area contributed by atoms with Crippen molar-refractivity contribution in [1.29, 1.82) is 0 Å². The molecule has 4 rings (SSSR count). The van der Waals surface area contributed by atoms with Crippen LogP contribution in [0.1, 0.15) is 27.0 Å².